The van der Waals surface area contributed by atoms with Crippen LogP contribution in [0, 0.1) is 5.82 Å². The van der Waals surface area contributed by atoms with Crippen LogP contribution in [0.5, 0.6) is 11.5 Å². The molecule has 42 heavy (non-hydrogen) atoms. The van der Waals surface area contributed by atoms with Crippen molar-refractivity contribution >= 4 is 27.3 Å². The smallest absolute Gasteiger partial charge is 0.387 e. The zero-order valence-electron chi connectivity index (χ0n) is 21.1. The number of anilines is 2. The summed E-state index contributed by atoms with van der Waals surface area (Å²) >= 11 is 0. The Morgan fingerprint density at radius 2 is 1.48 bits per heavy atom. The molecule has 0 aliphatic carbocycles. The highest BCUT2D eigenvalue weighted by Gasteiger charge is 2.25. The number of aliphatic hydroxyl groups is 1. The molecule has 220 valence electrons. The lowest BCUT2D eigenvalue weighted by molar-refractivity contribution is -0.0692. The second-order valence-corrected chi connectivity index (χ2v) is 10.0. The molecule has 4 rings (SSSR count). The number of amides is 1. The van der Waals surface area contributed by atoms with E-state index in [1.54, 1.807) is 0 Å². The molecule has 1 unspecified atom stereocenters. The molecule has 0 radical (unpaired) electrons. The van der Waals surface area contributed by atoms with Crippen molar-refractivity contribution in [3.63, 3.8) is 0 Å². The number of benzene rings is 3. The summed E-state index contributed by atoms with van der Waals surface area (Å²) in [7, 11) is -4.33. The Morgan fingerprint density at radius 1 is 0.857 bits per heavy atom. The number of nitrogens with one attached hydrogen (secondary N) is 1. The van der Waals surface area contributed by atoms with Crippen LogP contribution in [0.25, 0.3) is 0 Å². The fraction of sp³-hybridized carbons (Fsp3) is 0.111. The van der Waals surface area contributed by atoms with Gasteiger partial charge in [-0.05, 0) is 66.7 Å². The van der Waals surface area contributed by atoms with Crippen molar-refractivity contribution in [2.45, 2.75) is 24.3 Å². The molecule has 2 N–H and O–H groups in total. The van der Waals surface area contributed by atoms with E-state index in [1.807, 2.05) is 4.72 Å². The average molecular weight is 610 g/mol. The van der Waals surface area contributed by atoms with Crippen LogP contribution in [-0.4, -0.2) is 37.6 Å². The van der Waals surface area contributed by atoms with E-state index in [9.17, 15) is 40.3 Å². The number of nitrogens with zero attached hydrogens (tertiary/aromatic N) is 2. The third kappa shape index (κ3) is 7.30. The number of alkyl halides is 4. The van der Waals surface area contributed by atoms with Gasteiger partial charge in [-0.1, -0.05) is 6.07 Å². The molecular formula is C27H20F5N3O6S. The summed E-state index contributed by atoms with van der Waals surface area (Å²) in [5, 5.41) is 11.2. The van der Waals surface area contributed by atoms with Gasteiger partial charge in [0.05, 0.1) is 4.90 Å². The maximum Gasteiger partial charge on any atom is 0.387 e. The van der Waals surface area contributed by atoms with E-state index < -0.39 is 52.7 Å². The van der Waals surface area contributed by atoms with Crippen LogP contribution in [0.15, 0.2) is 96.2 Å². The highest BCUT2D eigenvalue weighted by atomic mass is 32.2. The van der Waals surface area contributed by atoms with Crippen LogP contribution in [0.1, 0.15) is 22.1 Å². The van der Waals surface area contributed by atoms with Crippen molar-refractivity contribution in [3.05, 3.63) is 108 Å². The Balaban J connectivity index is 1.69. The van der Waals surface area contributed by atoms with Crippen molar-refractivity contribution in [2.24, 2.45) is 0 Å². The van der Waals surface area contributed by atoms with Crippen molar-refractivity contribution in [3.8, 4) is 11.5 Å². The second-order valence-electron chi connectivity index (χ2n) is 8.35. The Labute approximate surface area is 235 Å². The van der Waals surface area contributed by atoms with Crippen molar-refractivity contribution in [1.82, 2.24) is 9.71 Å². The number of aromatic nitrogens is 1. The van der Waals surface area contributed by atoms with Crippen molar-refractivity contribution in [2.75, 3.05) is 4.90 Å². The van der Waals surface area contributed by atoms with Crippen LogP contribution in [-0.2, 0) is 10.0 Å². The molecule has 0 saturated carbocycles. The predicted octanol–water partition coefficient (Wildman–Crippen LogP) is 5.37. The third-order valence-electron chi connectivity index (χ3n) is 5.62. The molecule has 1 amide bonds. The number of hydrogen-bond acceptors (Lipinski definition) is 8. The first-order valence-electron chi connectivity index (χ1n) is 11.8. The predicted molar refractivity (Wildman–Crippen MR) is 139 cm³/mol. The van der Waals surface area contributed by atoms with Crippen molar-refractivity contribution < 1.29 is 49.7 Å². The average Bonchev–Trinajstić information content (AvgIpc) is 2.95. The van der Waals surface area contributed by atoms with Crippen LogP contribution in [0.4, 0.5) is 33.3 Å². The maximum atomic E-state index is 13.2. The summed E-state index contributed by atoms with van der Waals surface area (Å²) in [6, 6.07) is 15.0. The Kier molecular flexibility index (Phi) is 9.22. The minimum absolute atomic E-state index is 0.0142. The summed E-state index contributed by atoms with van der Waals surface area (Å²) < 4.78 is 100. The van der Waals surface area contributed by atoms with Gasteiger partial charge in [0.2, 0.25) is 0 Å². The molecule has 1 aromatic heterocycles. The standard InChI is InChI=1S/C27H20F5N3O6S/c28-18-5-10-21(11-6-18)42(38,39)34-24(36)16-3-7-19(8-4-16)35(25(37)17-2-1-13-33-15-17)20-9-12-22(40-26(29)30)23(14-20)41-27(31)32/h1-15,25-27,37H,(H,34,36). The third-order valence-corrected chi connectivity index (χ3v) is 6.97. The fourth-order valence-electron chi connectivity index (χ4n) is 3.76. The second kappa shape index (κ2) is 12.8. The normalized spacial score (nSPS) is 12.2. The van der Waals surface area contributed by atoms with Crippen LogP contribution < -0.4 is 19.1 Å². The number of ether oxygens (including phenoxy) is 2. The quantitative estimate of drug-likeness (QED) is 0.172. The minimum Gasteiger partial charge on any atom is -0.431 e. The van der Waals surface area contributed by atoms with Gasteiger partial charge in [0.15, 0.2) is 17.7 Å². The van der Waals surface area contributed by atoms with Gasteiger partial charge in [-0.3, -0.25) is 9.78 Å². The molecule has 0 fully saturated rings. The molecule has 15 heteroatoms. The summed E-state index contributed by atoms with van der Waals surface area (Å²) in [6.45, 7) is -6.72. The maximum absolute atomic E-state index is 13.2. The molecule has 0 bridgehead atoms. The number of aliphatic hydroxyl groups excluding tert-OH is 1. The zero-order chi connectivity index (χ0) is 30.4. The number of carbonyl (C=O) groups is 1. The summed E-state index contributed by atoms with van der Waals surface area (Å²) in [4.78, 5) is 17.5. The molecular weight excluding hydrogens is 589 g/mol. The molecule has 0 saturated heterocycles. The van der Waals surface area contributed by atoms with Crippen LogP contribution in [0.2, 0.25) is 0 Å². The van der Waals surface area contributed by atoms with E-state index in [1.165, 1.54) is 59.8 Å². The lowest BCUT2D eigenvalue weighted by Crippen LogP contribution is -2.30. The van der Waals surface area contributed by atoms with Gasteiger partial charge in [-0.15, -0.1) is 0 Å². The van der Waals surface area contributed by atoms with E-state index in [4.69, 9.17) is 0 Å². The first kappa shape index (κ1) is 30.2. The van der Waals surface area contributed by atoms with Gasteiger partial charge in [0, 0.05) is 41.0 Å². The number of pyridine rings is 1. The number of hydrogen-bond donors (Lipinski definition) is 2. The van der Waals surface area contributed by atoms with Crippen molar-refractivity contribution in [1.29, 1.82) is 0 Å². The number of rotatable bonds is 11. The minimum atomic E-state index is -4.33. The van der Waals surface area contributed by atoms with E-state index in [0.717, 1.165) is 36.4 Å². The lowest BCUT2D eigenvalue weighted by atomic mass is 10.1. The molecule has 3 aromatic carbocycles. The zero-order valence-corrected chi connectivity index (χ0v) is 21.9. The lowest BCUT2D eigenvalue weighted by Gasteiger charge is -2.31. The molecule has 9 nitrogen and oxygen atoms in total. The molecule has 0 aliphatic rings. The van der Waals surface area contributed by atoms with Gasteiger partial charge < -0.3 is 19.5 Å². The molecule has 1 atom stereocenters. The Bertz CT molecular complexity index is 1630. The first-order valence-corrected chi connectivity index (χ1v) is 13.3. The Morgan fingerprint density at radius 3 is 2.07 bits per heavy atom. The fourth-order valence-corrected chi connectivity index (χ4v) is 4.74. The highest BCUT2D eigenvalue weighted by molar-refractivity contribution is 7.90. The van der Waals surface area contributed by atoms with E-state index in [0.29, 0.717) is 0 Å². The van der Waals surface area contributed by atoms with E-state index in [2.05, 4.69) is 14.5 Å². The first-order chi connectivity index (χ1) is 19.9. The molecule has 4 aromatic rings. The van der Waals surface area contributed by atoms with E-state index in [-0.39, 0.29) is 27.4 Å². The molecule has 0 aliphatic heterocycles. The topological polar surface area (TPSA) is 118 Å². The number of carbonyl (C=O) groups excluding carboxylic acids is 1. The van der Waals surface area contributed by atoms with E-state index >= 15 is 0 Å². The molecule has 1 heterocycles. The van der Waals surface area contributed by atoms with Gasteiger partial charge in [-0.2, -0.15) is 17.6 Å². The number of sulfonamides is 1. The largest absolute Gasteiger partial charge is 0.431 e. The monoisotopic (exact) mass is 609 g/mol. The van der Waals surface area contributed by atoms with Gasteiger partial charge in [-0.25, -0.2) is 17.5 Å². The van der Waals surface area contributed by atoms with Crippen LogP contribution >= 0.6 is 0 Å². The van der Waals surface area contributed by atoms with Crippen LogP contribution in [0.3, 0.4) is 0 Å². The SMILES string of the molecule is O=C(NS(=O)(=O)c1ccc(F)cc1)c1ccc(N(c2ccc(OC(F)F)c(OC(F)F)c2)C(O)c2cccnc2)cc1. The summed E-state index contributed by atoms with van der Waals surface area (Å²) in [5.41, 5.74) is 0.270. The van der Waals surface area contributed by atoms with Gasteiger partial charge in [0.25, 0.3) is 15.9 Å². The summed E-state index contributed by atoms with van der Waals surface area (Å²) in [5.74, 6) is -3.11. The Hall–Kier alpha value is -4.76. The van der Waals surface area contributed by atoms with Gasteiger partial charge in [0.1, 0.15) is 5.82 Å². The molecule has 0 spiro atoms. The highest BCUT2D eigenvalue weighted by Crippen LogP contribution is 2.40. The summed E-state index contributed by atoms with van der Waals surface area (Å²) in [6.07, 6.45) is 1.25. The van der Waals surface area contributed by atoms with Gasteiger partial charge >= 0.3 is 13.2 Å². The number of halogens is 5.